The van der Waals surface area contributed by atoms with Crippen LogP contribution in [0.3, 0.4) is 0 Å². The molecular weight excluding hydrogens is 465 g/mol. The number of aromatic nitrogens is 5. The summed E-state index contributed by atoms with van der Waals surface area (Å²) in [6, 6.07) is 7.04. The third-order valence-electron chi connectivity index (χ3n) is 7.24. The van der Waals surface area contributed by atoms with Gasteiger partial charge in [0.2, 0.25) is 5.91 Å². The van der Waals surface area contributed by atoms with Crippen molar-refractivity contribution in [1.29, 1.82) is 5.26 Å². The molecule has 0 radical (unpaired) electrons. The number of nitrogens with zero attached hydrogens (tertiary/aromatic N) is 7. The van der Waals surface area contributed by atoms with Gasteiger partial charge < -0.3 is 4.90 Å². The van der Waals surface area contributed by atoms with Crippen LogP contribution in [0.25, 0.3) is 16.6 Å². The van der Waals surface area contributed by atoms with Crippen LogP contribution < -0.4 is 0 Å². The normalized spacial score (nSPS) is 20.7. The van der Waals surface area contributed by atoms with Gasteiger partial charge in [-0.2, -0.15) is 15.5 Å². The molecule has 4 aromatic heterocycles. The number of hydrogen-bond donors (Lipinski definition) is 0. The summed E-state index contributed by atoms with van der Waals surface area (Å²) in [7, 11) is 0. The summed E-state index contributed by atoms with van der Waals surface area (Å²) in [6.07, 6.45) is 6.79. The van der Waals surface area contributed by atoms with Gasteiger partial charge in [-0.3, -0.25) is 9.48 Å². The molecule has 2 unspecified atom stereocenters. The van der Waals surface area contributed by atoms with Crippen molar-refractivity contribution in [3.05, 3.63) is 60.1 Å². The molecule has 5 heterocycles. The minimum Gasteiger partial charge on any atom is -0.342 e. The lowest BCUT2D eigenvalue weighted by molar-refractivity contribution is -0.128. The van der Waals surface area contributed by atoms with Crippen LogP contribution in [-0.2, 0) is 11.3 Å². The van der Waals surface area contributed by atoms with Gasteiger partial charge in [0.1, 0.15) is 11.1 Å². The van der Waals surface area contributed by atoms with Crippen molar-refractivity contribution in [2.24, 2.45) is 17.8 Å². The highest BCUT2D eigenvalue weighted by Crippen LogP contribution is 2.52. The zero-order chi connectivity index (χ0) is 24.3. The highest BCUT2D eigenvalue weighted by Gasteiger charge is 2.56. The summed E-state index contributed by atoms with van der Waals surface area (Å²) < 4.78 is 18.1. The van der Waals surface area contributed by atoms with Crippen LogP contribution in [0, 0.1) is 41.8 Å². The minimum absolute atomic E-state index is 0.154. The van der Waals surface area contributed by atoms with Crippen LogP contribution in [0.1, 0.15) is 18.2 Å². The summed E-state index contributed by atoms with van der Waals surface area (Å²) in [5, 5.41) is 18.8. The smallest absolute Gasteiger partial charge is 0.219 e. The number of pyridine rings is 2. The van der Waals surface area contributed by atoms with Crippen molar-refractivity contribution in [2.75, 3.05) is 13.1 Å². The van der Waals surface area contributed by atoms with Gasteiger partial charge in [0.05, 0.1) is 23.5 Å². The molecule has 1 aliphatic carbocycles. The molecule has 10 heteroatoms. The number of likely N-dealkylation sites (tertiary alicyclic amines) is 1. The van der Waals surface area contributed by atoms with E-state index in [-0.39, 0.29) is 10.9 Å². The molecule has 8 nitrogen and oxygen atoms in total. The van der Waals surface area contributed by atoms with Crippen molar-refractivity contribution >= 4 is 23.2 Å². The second kappa shape index (κ2) is 8.20. The zero-order valence-electron chi connectivity index (χ0n) is 19.2. The van der Waals surface area contributed by atoms with Gasteiger partial charge in [-0.05, 0) is 42.9 Å². The zero-order valence-corrected chi connectivity index (χ0v) is 20.0. The van der Waals surface area contributed by atoms with Crippen LogP contribution in [0.15, 0.2) is 52.9 Å². The van der Waals surface area contributed by atoms with Gasteiger partial charge >= 0.3 is 0 Å². The van der Waals surface area contributed by atoms with Gasteiger partial charge in [0.25, 0.3) is 0 Å². The van der Waals surface area contributed by atoms with E-state index in [9.17, 15) is 14.4 Å². The molecule has 0 bridgehead atoms. The molecule has 0 N–H and O–H groups in total. The number of hydrogen-bond acceptors (Lipinski definition) is 6. The predicted molar refractivity (Wildman–Crippen MR) is 127 cm³/mol. The molecule has 4 aromatic rings. The van der Waals surface area contributed by atoms with E-state index in [0.29, 0.717) is 33.7 Å². The standard InChI is InChI=1S/C25H22FN7OS/c1-14-18(9-30-32(14)13-21-19-11-31(15(2)34)12-20(19)21)16-6-23(35-25-22(26)4-3-5-28-25)24-17(7-27)8-29-33(24)10-16/h3-6,8-10,19-21H,11-13H2,1-2H3/t19-,20?,21?/m1/s1. The van der Waals surface area contributed by atoms with E-state index in [2.05, 4.69) is 21.3 Å². The molecule has 35 heavy (non-hydrogen) atoms. The lowest BCUT2D eigenvalue weighted by Gasteiger charge is -2.18. The van der Waals surface area contributed by atoms with Gasteiger partial charge in [0, 0.05) is 60.7 Å². The van der Waals surface area contributed by atoms with Crippen molar-refractivity contribution < 1.29 is 9.18 Å². The Kier molecular flexibility index (Phi) is 5.11. The number of fused-ring (bicyclic) bond motifs is 2. The number of rotatable bonds is 5. The molecule has 176 valence electrons. The fourth-order valence-electron chi connectivity index (χ4n) is 5.23. The number of piperidine rings is 1. The summed E-state index contributed by atoms with van der Waals surface area (Å²) in [5.41, 5.74) is 3.91. The van der Waals surface area contributed by atoms with Crippen LogP contribution in [-0.4, -0.2) is 48.3 Å². The highest BCUT2D eigenvalue weighted by atomic mass is 32.2. The summed E-state index contributed by atoms with van der Waals surface area (Å²) >= 11 is 1.18. The third-order valence-corrected chi connectivity index (χ3v) is 8.27. The molecule has 3 atom stereocenters. The van der Waals surface area contributed by atoms with Gasteiger partial charge in [-0.15, -0.1) is 0 Å². The lowest BCUT2D eigenvalue weighted by atomic mass is 10.1. The molecular formula is C25H22FN7OS. The Morgan fingerprint density at radius 1 is 1.29 bits per heavy atom. The number of nitriles is 1. The number of carbonyl (C=O) groups is 1. The number of halogens is 1. The van der Waals surface area contributed by atoms with Crippen molar-refractivity contribution in [3.8, 4) is 17.2 Å². The molecule has 1 saturated heterocycles. The Morgan fingerprint density at radius 2 is 2.09 bits per heavy atom. The maximum Gasteiger partial charge on any atom is 0.219 e. The molecule has 6 rings (SSSR count). The molecule has 1 amide bonds. The number of carbonyl (C=O) groups excluding carboxylic acids is 1. The maximum atomic E-state index is 14.4. The monoisotopic (exact) mass is 487 g/mol. The first kappa shape index (κ1) is 21.8. The summed E-state index contributed by atoms with van der Waals surface area (Å²) in [5.74, 6) is 1.41. The molecule has 2 aliphatic rings. The molecule has 2 fully saturated rings. The Balaban J connectivity index is 1.32. The molecule has 1 saturated carbocycles. The van der Waals surface area contributed by atoms with E-state index >= 15 is 0 Å². The Morgan fingerprint density at radius 3 is 2.80 bits per heavy atom. The largest absolute Gasteiger partial charge is 0.342 e. The van der Waals surface area contributed by atoms with Crippen LogP contribution in [0.5, 0.6) is 0 Å². The Hall–Kier alpha value is -3.71. The fraction of sp³-hybridized carbons (Fsp3) is 0.320. The minimum atomic E-state index is -0.415. The fourth-order valence-corrected chi connectivity index (χ4v) is 6.21. The van der Waals surface area contributed by atoms with E-state index in [1.54, 1.807) is 23.7 Å². The molecule has 1 aliphatic heterocycles. The summed E-state index contributed by atoms with van der Waals surface area (Å²) in [6.45, 7) is 6.20. The van der Waals surface area contributed by atoms with Crippen molar-refractivity contribution in [2.45, 2.75) is 30.3 Å². The third kappa shape index (κ3) is 3.67. The van der Waals surface area contributed by atoms with E-state index in [0.717, 1.165) is 36.5 Å². The van der Waals surface area contributed by atoms with E-state index in [4.69, 9.17) is 0 Å². The quantitative estimate of drug-likeness (QED) is 0.425. The average Bonchev–Trinajstić information content (AvgIpc) is 3.25. The van der Waals surface area contributed by atoms with Crippen LogP contribution >= 0.6 is 11.8 Å². The van der Waals surface area contributed by atoms with Gasteiger partial charge in [-0.1, -0.05) is 11.8 Å². The first-order valence-corrected chi connectivity index (χ1v) is 12.2. The number of amides is 1. The molecule has 0 aromatic carbocycles. The van der Waals surface area contributed by atoms with Crippen molar-refractivity contribution in [1.82, 2.24) is 29.3 Å². The second-order valence-corrected chi connectivity index (χ2v) is 10.2. The lowest BCUT2D eigenvalue weighted by Crippen LogP contribution is -2.29. The van der Waals surface area contributed by atoms with Gasteiger partial charge in [0.15, 0.2) is 5.82 Å². The Labute approximate surface area is 205 Å². The van der Waals surface area contributed by atoms with E-state index in [1.165, 1.54) is 24.0 Å². The Bertz CT molecular complexity index is 1510. The predicted octanol–water partition coefficient (Wildman–Crippen LogP) is 3.79. The SMILES string of the molecule is CC(=O)N1CC2C(Cn3ncc(-c4cc(Sc5ncccc5F)c5c(C#N)cnn5c4)c3C)[C@@H]2C1. The van der Waals surface area contributed by atoms with Crippen LogP contribution in [0.2, 0.25) is 0 Å². The van der Waals surface area contributed by atoms with Crippen LogP contribution in [0.4, 0.5) is 4.39 Å². The first-order chi connectivity index (χ1) is 16.9. The van der Waals surface area contributed by atoms with Gasteiger partial charge in [-0.25, -0.2) is 13.9 Å². The average molecular weight is 488 g/mol. The maximum absolute atomic E-state index is 14.4. The summed E-state index contributed by atoms with van der Waals surface area (Å²) in [4.78, 5) is 18.4. The second-order valence-electron chi connectivity index (χ2n) is 9.19. The van der Waals surface area contributed by atoms with Crippen molar-refractivity contribution in [3.63, 3.8) is 0 Å². The topological polar surface area (TPSA) is 92.1 Å². The highest BCUT2D eigenvalue weighted by molar-refractivity contribution is 7.99. The van der Waals surface area contributed by atoms with E-state index in [1.807, 2.05) is 35.0 Å². The van der Waals surface area contributed by atoms with E-state index < -0.39 is 5.82 Å². The first-order valence-electron chi connectivity index (χ1n) is 11.4. The molecule has 0 spiro atoms.